The van der Waals surface area contributed by atoms with Crippen molar-refractivity contribution in [3.05, 3.63) is 36.2 Å². The second-order valence-electron chi connectivity index (χ2n) is 5.90. The second kappa shape index (κ2) is 5.49. The predicted molar refractivity (Wildman–Crippen MR) is 80.1 cm³/mol. The number of fused-ring (bicyclic) bond motifs is 1. The average molecular weight is 298 g/mol. The third-order valence-corrected chi connectivity index (χ3v) is 4.13. The molecule has 1 amide bonds. The van der Waals surface area contributed by atoms with E-state index in [1.807, 2.05) is 0 Å². The van der Waals surface area contributed by atoms with Gasteiger partial charge in [-0.1, -0.05) is 0 Å². The summed E-state index contributed by atoms with van der Waals surface area (Å²) in [5.74, 6) is 2.71. The summed E-state index contributed by atoms with van der Waals surface area (Å²) in [5.41, 5.74) is 0.774. The first kappa shape index (κ1) is 13.4. The number of anilines is 1. The first-order valence-corrected chi connectivity index (χ1v) is 7.64. The highest BCUT2D eigenvalue weighted by Crippen LogP contribution is 2.39. The van der Waals surface area contributed by atoms with Crippen molar-refractivity contribution < 1.29 is 4.79 Å². The Balaban J connectivity index is 1.37. The molecule has 1 aliphatic carbocycles. The Morgan fingerprint density at radius 2 is 2.05 bits per heavy atom. The van der Waals surface area contributed by atoms with E-state index in [4.69, 9.17) is 0 Å². The molecular formula is C15H18N6O. The number of rotatable bonds is 4. The van der Waals surface area contributed by atoms with Crippen molar-refractivity contribution in [1.82, 2.24) is 24.6 Å². The maximum Gasteiger partial charge on any atom is 0.238 e. The molecule has 1 aliphatic heterocycles. The monoisotopic (exact) mass is 298 g/mol. The smallest absolute Gasteiger partial charge is 0.238 e. The topological polar surface area (TPSA) is 75.9 Å². The lowest BCUT2D eigenvalue weighted by Gasteiger charge is -2.27. The molecule has 2 aromatic rings. The Morgan fingerprint density at radius 1 is 1.23 bits per heavy atom. The number of nitrogens with zero attached hydrogens (tertiary/aromatic N) is 5. The first-order chi connectivity index (χ1) is 10.8. The van der Waals surface area contributed by atoms with Crippen molar-refractivity contribution in [2.24, 2.45) is 0 Å². The molecule has 7 nitrogen and oxygen atoms in total. The summed E-state index contributed by atoms with van der Waals surface area (Å²) in [6.07, 6.45) is 5.79. The summed E-state index contributed by atoms with van der Waals surface area (Å²) < 4.78 is 2.23. The normalized spacial score (nSPS) is 18.0. The summed E-state index contributed by atoms with van der Waals surface area (Å²) >= 11 is 0. The summed E-state index contributed by atoms with van der Waals surface area (Å²) in [5, 5.41) is 11.5. The van der Waals surface area contributed by atoms with E-state index in [-0.39, 0.29) is 5.91 Å². The zero-order valence-corrected chi connectivity index (χ0v) is 12.3. The second-order valence-corrected chi connectivity index (χ2v) is 5.90. The van der Waals surface area contributed by atoms with Gasteiger partial charge in [-0.05, 0) is 25.0 Å². The van der Waals surface area contributed by atoms with E-state index >= 15 is 0 Å². The lowest BCUT2D eigenvalue weighted by Crippen LogP contribution is -2.39. The lowest BCUT2D eigenvalue weighted by atomic mass is 10.3. The molecule has 0 saturated heterocycles. The molecule has 22 heavy (non-hydrogen) atoms. The quantitative estimate of drug-likeness (QED) is 0.911. The van der Waals surface area contributed by atoms with E-state index in [1.54, 1.807) is 24.5 Å². The van der Waals surface area contributed by atoms with Crippen LogP contribution >= 0.6 is 0 Å². The maximum absolute atomic E-state index is 12.1. The van der Waals surface area contributed by atoms with Gasteiger partial charge in [-0.2, -0.15) is 0 Å². The highest BCUT2D eigenvalue weighted by Gasteiger charge is 2.32. The zero-order valence-electron chi connectivity index (χ0n) is 12.3. The number of hydrogen-bond acceptors (Lipinski definition) is 5. The molecule has 0 spiro atoms. The standard InChI is InChI=1S/C15H18N6O/c22-14(17-12-3-5-16-6-4-12)10-20-7-8-21-13(9-20)18-19-15(21)11-1-2-11/h3-6,11H,1-2,7-10H2,(H,16,17,22). The number of carbonyl (C=O) groups is 1. The van der Waals surface area contributed by atoms with Crippen LogP contribution in [0.25, 0.3) is 0 Å². The van der Waals surface area contributed by atoms with Gasteiger partial charge >= 0.3 is 0 Å². The minimum absolute atomic E-state index is 0.0124. The van der Waals surface area contributed by atoms with Crippen LogP contribution in [0.1, 0.15) is 30.4 Å². The fraction of sp³-hybridized carbons (Fsp3) is 0.467. The minimum atomic E-state index is -0.0124. The highest BCUT2D eigenvalue weighted by atomic mass is 16.2. The van der Waals surface area contributed by atoms with Gasteiger partial charge < -0.3 is 9.88 Å². The third kappa shape index (κ3) is 2.71. The Hall–Kier alpha value is -2.28. The highest BCUT2D eigenvalue weighted by molar-refractivity contribution is 5.92. The first-order valence-electron chi connectivity index (χ1n) is 7.64. The van der Waals surface area contributed by atoms with Gasteiger partial charge in [0.25, 0.3) is 0 Å². The van der Waals surface area contributed by atoms with E-state index in [1.165, 1.54) is 12.8 Å². The molecule has 0 unspecified atom stereocenters. The molecule has 1 saturated carbocycles. The van der Waals surface area contributed by atoms with Gasteiger partial charge in [0.2, 0.25) is 5.91 Å². The van der Waals surface area contributed by atoms with E-state index in [9.17, 15) is 4.79 Å². The van der Waals surface area contributed by atoms with E-state index in [0.29, 0.717) is 19.0 Å². The van der Waals surface area contributed by atoms with Crippen molar-refractivity contribution in [2.45, 2.75) is 31.8 Å². The van der Waals surface area contributed by atoms with Crippen molar-refractivity contribution in [1.29, 1.82) is 0 Å². The van der Waals surface area contributed by atoms with E-state index in [2.05, 4.69) is 30.0 Å². The largest absolute Gasteiger partial charge is 0.325 e. The lowest BCUT2D eigenvalue weighted by molar-refractivity contribution is -0.117. The summed E-state index contributed by atoms with van der Waals surface area (Å²) in [6.45, 7) is 2.78. The molecule has 3 heterocycles. The van der Waals surface area contributed by atoms with Crippen LogP contribution in [0.2, 0.25) is 0 Å². The number of amides is 1. The number of carbonyl (C=O) groups excluding carboxylic acids is 1. The molecule has 0 aromatic carbocycles. The minimum Gasteiger partial charge on any atom is -0.325 e. The predicted octanol–water partition coefficient (Wildman–Crippen LogP) is 1.00. The average Bonchev–Trinajstić information content (AvgIpc) is 3.28. The number of nitrogens with one attached hydrogen (secondary N) is 1. The van der Waals surface area contributed by atoms with Gasteiger partial charge in [0, 0.05) is 37.1 Å². The summed E-state index contributed by atoms with van der Waals surface area (Å²) in [4.78, 5) is 18.1. The van der Waals surface area contributed by atoms with Crippen molar-refractivity contribution in [2.75, 3.05) is 18.4 Å². The Morgan fingerprint density at radius 3 is 2.82 bits per heavy atom. The Labute approximate surface area is 128 Å². The number of pyridine rings is 1. The fourth-order valence-electron chi connectivity index (χ4n) is 2.85. The van der Waals surface area contributed by atoms with Crippen molar-refractivity contribution >= 4 is 11.6 Å². The number of aromatic nitrogens is 4. The van der Waals surface area contributed by atoms with Gasteiger partial charge in [0.05, 0.1) is 13.1 Å². The third-order valence-electron chi connectivity index (χ3n) is 4.13. The van der Waals surface area contributed by atoms with Crippen LogP contribution in [-0.4, -0.2) is 43.6 Å². The molecule has 4 rings (SSSR count). The molecule has 2 aromatic heterocycles. The van der Waals surface area contributed by atoms with E-state index in [0.717, 1.165) is 30.4 Å². The molecular weight excluding hydrogens is 280 g/mol. The van der Waals surface area contributed by atoms with Crippen LogP contribution in [0.5, 0.6) is 0 Å². The molecule has 7 heteroatoms. The Bertz CT molecular complexity index is 679. The van der Waals surface area contributed by atoms with Crippen LogP contribution in [0.4, 0.5) is 5.69 Å². The SMILES string of the molecule is O=C(CN1CCn2c(nnc2C2CC2)C1)Nc1ccncc1. The maximum atomic E-state index is 12.1. The van der Waals surface area contributed by atoms with Crippen molar-refractivity contribution in [3.63, 3.8) is 0 Å². The van der Waals surface area contributed by atoms with Crippen LogP contribution in [0, 0.1) is 0 Å². The summed E-state index contributed by atoms with van der Waals surface area (Å²) in [6, 6.07) is 3.57. The molecule has 114 valence electrons. The van der Waals surface area contributed by atoms with Gasteiger partial charge in [0.1, 0.15) is 11.6 Å². The molecule has 0 radical (unpaired) electrons. The van der Waals surface area contributed by atoms with Crippen LogP contribution in [0.15, 0.2) is 24.5 Å². The molecule has 0 atom stereocenters. The fourth-order valence-corrected chi connectivity index (χ4v) is 2.85. The molecule has 1 fully saturated rings. The van der Waals surface area contributed by atoms with Gasteiger partial charge in [-0.25, -0.2) is 0 Å². The van der Waals surface area contributed by atoms with E-state index < -0.39 is 0 Å². The van der Waals surface area contributed by atoms with Gasteiger partial charge in [-0.15, -0.1) is 10.2 Å². The van der Waals surface area contributed by atoms with Crippen LogP contribution in [0.3, 0.4) is 0 Å². The Kier molecular flexibility index (Phi) is 3.34. The molecule has 0 bridgehead atoms. The van der Waals surface area contributed by atoms with Gasteiger partial charge in [0.15, 0.2) is 0 Å². The van der Waals surface area contributed by atoms with Gasteiger partial charge in [-0.3, -0.25) is 14.7 Å². The molecule has 2 aliphatic rings. The number of hydrogen-bond donors (Lipinski definition) is 1. The van der Waals surface area contributed by atoms with Crippen LogP contribution < -0.4 is 5.32 Å². The van der Waals surface area contributed by atoms with Crippen molar-refractivity contribution in [3.8, 4) is 0 Å². The van der Waals surface area contributed by atoms with Crippen LogP contribution in [-0.2, 0) is 17.9 Å². The molecule has 1 N–H and O–H groups in total. The zero-order chi connectivity index (χ0) is 14.9. The summed E-state index contributed by atoms with van der Waals surface area (Å²) in [7, 11) is 0.